The molecule has 5 nitrogen and oxygen atoms in total. The van der Waals surface area contributed by atoms with Gasteiger partial charge < -0.3 is 5.11 Å². The van der Waals surface area contributed by atoms with Crippen molar-refractivity contribution < 1.29 is 24.6 Å². The van der Waals surface area contributed by atoms with Gasteiger partial charge in [0.15, 0.2) is 0 Å². The second kappa shape index (κ2) is 1.71. The molecule has 0 saturated carbocycles. The first-order chi connectivity index (χ1) is 2.94. The highest BCUT2D eigenvalue weighted by Crippen LogP contribution is 2.44. The van der Waals surface area contributed by atoms with Crippen molar-refractivity contribution in [3.8, 4) is 0 Å². The van der Waals surface area contributed by atoms with Gasteiger partial charge in [-0.1, -0.05) is 0 Å². The summed E-state index contributed by atoms with van der Waals surface area (Å²) in [5.41, 5.74) is -1.98. The van der Waals surface area contributed by atoms with Crippen LogP contribution in [0.2, 0.25) is 0 Å². The summed E-state index contributed by atoms with van der Waals surface area (Å²) in [5, 5.41) is 7.55. The third kappa shape index (κ3) is 2.47. The van der Waals surface area contributed by atoms with Gasteiger partial charge in [-0.2, -0.15) is 19.5 Å². The van der Waals surface area contributed by atoms with Gasteiger partial charge in [0.2, 0.25) is 0 Å². The van der Waals surface area contributed by atoms with Gasteiger partial charge in [0.1, 0.15) is 0 Å². The van der Waals surface area contributed by atoms with E-state index in [4.69, 9.17) is 19.8 Å². The molecule has 42 valence electrons. The molecule has 7 heavy (non-hydrogen) atoms. The smallest absolute Gasteiger partial charge is 0.445 e. The summed E-state index contributed by atoms with van der Waals surface area (Å²) in [6.45, 7) is 0. The van der Waals surface area contributed by atoms with Crippen molar-refractivity contribution in [3.05, 3.63) is 0 Å². The standard InChI is InChI=1S/CH3O5P/c2-1(3)7(4,5)6/h4-6H/p+1. The summed E-state index contributed by atoms with van der Waals surface area (Å²) in [6, 6.07) is 0. The van der Waals surface area contributed by atoms with Gasteiger partial charge in [0, 0.05) is 0 Å². The molecule has 0 aliphatic heterocycles. The van der Waals surface area contributed by atoms with E-state index in [1.54, 1.807) is 0 Å². The Kier molecular flexibility index (Phi) is 1.66. The van der Waals surface area contributed by atoms with Gasteiger partial charge in [-0.15, -0.1) is 0 Å². The molecular formula is CH4O5P+. The van der Waals surface area contributed by atoms with E-state index in [1.807, 2.05) is 0 Å². The Morgan fingerprint density at radius 3 is 1.43 bits per heavy atom. The second-order valence-electron chi connectivity index (χ2n) is 0.851. The summed E-state index contributed by atoms with van der Waals surface area (Å²) in [5.74, 6) is 0. The zero-order valence-electron chi connectivity index (χ0n) is 3.14. The van der Waals surface area contributed by atoms with E-state index in [2.05, 4.69) is 0 Å². The molecule has 0 fully saturated rings. The first-order valence-corrected chi connectivity index (χ1v) is 2.90. The van der Waals surface area contributed by atoms with Crippen LogP contribution in [0.15, 0.2) is 0 Å². The highest BCUT2D eigenvalue weighted by molar-refractivity contribution is 7.75. The van der Waals surface area contributed by atoms with Crippen LogP contribution in [0.1, 0.15) is 0 Å². The van der Waals surface area contributed by atoms with E-state index in [1.165, 1.54) is 0 Å². The van der Waals surface area contributed by atoms with Crippen LogP contribution >= 0.6 is 7.94 Å². The summed E-state index contributed by atoms with van der Waals surface area (Å²) >= 11 is 0. The van der Waals surface area contributed by atoms with Gasteiger partial charge >= 0.3 is 13.7 Å². The van der Waals surface area contributed by atoms with Gasteiger partial charge in [0.25, 0.3) is 0 Å². The predicted molar refractivity (Wildman–Crippen MR) is 21.6 cm³/mol. The maximum Gasteiger partial charge on any atom is 0.542 e. The normalized spacial score (nSPS) is 11.3. The minimum atomic E-state index is -4.57. The van der Waals surface area contributed by atoms with Crippen molar-refractivity contribution in [1.29, 1.82) is 0 Å². The Morgan fingerprint density at radius 1 is 1.29 bits per heavy atom. The molecule has 0 aliphatic rings. The Labute approximate surface area is 39.4 Å². The largest absolute Gasteiger partial charge is 0.542 e. The fourth-order valence-corrected chi connectivity index (χ4v) is 0. The van der Waals surface area contributed by atoms with E-state index in [0.717, 1.165) is 0 Å². The minimum Gasteiger partial charge on any atom is -0.445 e. The molecule has 0 spiro atoms. The van der Waals surface area contributed by atoms with Crippen molar-refractivity contribution >= 4 is 13.7 Å². The lowest BCUT2D eigenvalue weighted by atomic mass is 11.6. The molecule has 0 aromatic rings. The van der Waals surface area contributed by atoms with Crippen molar-refractivity contribution in [2.75, 3.05) is 0 Å². The summed E-state index contributed by atoms with van der Waals surface area (Å²) < 4.78 is 0. The lowest BCUT2D eigenvalue weighted by molar-refractivity contribution is 0.202. The van der Waals surface area contributed by atoms with E-state index < -0.39 is 13.7 Å². The Balaban J connectivity index is 3.79. The molecule has 6 heteroatoms. The average Bonchev–Trinajstić information content (AvgIpc) is 1.31. The number of hydrogen-bond acceptors (Lipinski definition) is 4. The van der Waals surface area contributed by atoms with Gasteiger partial charge in [-0.05, 0) is 0 Å². The van der Waals surface area contributed by atoms with Crippen LogP contribution < -0.4 is 0 Å². The third-order valence-electron chi connectivity index (χ3n) is 0.257. The second-order valence-corrected chi connectivity index (χ2v) is 2.37. The van der Waals surface area contributed by atoms with E-state index in [0.29, 0.717) is 0 Å². The zero-order chi connectivity index (χ0) is 6.08. The zero-order valence-corrected chi connectivity index (χ0v) is 4.04. The quantitative estimate of drug-likeness (QED) is 0.352. The Bertz CT molecular complexity index is 80.6. The number of rotatable bonds is 1. The van der Waals surface area contributed by atoms with Crippen LogP contribution in [0.25, 0.3) is 0 Å². The van der Waals surface area contributed by atoms with Gasteiger partial charge in [-0.25, -0.2) is 0 Å². The molecule has 0 aliphatic carbocycles. The molecule has 0 bridgehead atoms. The summed E-state index contributed by atoms with van der Waals surface area (Å²) in [6.07, 6.45) is 0. The van der Waals surface area contributed by atoms with E-state index in [9.17, 15) is 4.79 Å². The molecule has 0 radical (unpaired) electrons. The van der Waals surface area contributed by atoms with Crippen LogP contribution in [0.5, 0.6) is 0 Å². The number of carbonyl (C=O) groups is 1. The van der Waals surface area contributed by atoms with Crippen LogP contribution in [0, 0.1) is 0 Å². The maximum atomic E-state index is 9.32. The number of carboxylic acid groups (broad SMARTS) is 1. The van der Waals surface area contributed by atoms with Crippen LogP contribution in [-0.4, -0.2) is 25.5 Å². The first-order valence-electron chi connectivity index (χ1n) is 1.25. The molecular weight excluding hydrogens is 123 g/mol. The molecule has 0 atom stereocenters. The van der Waals surface area contributed by atoms with Crippen molar-refractivity contribution in [3.63, 3.8) is 0 Å². The maximum absolute atomic E-state index is 9.32. The Hall–Kier alpha value is -0.220. The molecule has 0 amide bonds. The molecule has 0 aromatic heterocycles. The van der Waals surface area contributed by atoms with Crippen LogP contribution in [-0.2, 0) is 0 Å². The Morgan fingerprint density at radius 2 is 1.43 bits per heavy atom. The van der Waals surface area contributed by atoms with Gasteiger partial charge in [0.05, 0.1) is 0 Å². The highest BCUT2D eigenvalue weighted by atomic mass is 31.2. The minimum absolute atomic E-state index is 1.98. The summed E-state index contributed by atoms with van der Waals surface area (Å²) in [7, 11) is -4.57. The van der Waals surface area contributed by atoms with Crippen molar-refractivity contribution in [1.82, 2.24) is 0 Å². The summed E-state index contributed by atoms with van der Waals surface area (Å²) in [4.78, 5) is 32.5. The molecule has 0 heterocycles. The fourth-order valence-electron chi connectivity index (χ4n) is 0. The van der Waals surface area contributed by atoms with Crippen LogP contribution in [0.3, 0.4) is 0 Å². The van der Waals surface area contributed by atoms with Crippen LogP contribution in [0.4, 0.5) is 4.79 Å². The van der Waals surface area contributed by atoms with E-state index in [-0.39, 0.29) is 0 Å². The lowest BCUT2D eigenvalue weighted by Crippen LogP contribution is -1.99. The van der Waals surface area contributed by atoms with Crippen molar-refractivity contribution in [2.24, 2.45) is 0 Å². The monoisotopic (exact) mass is 127 g/mol. The third-order valence-corrected chi connectivity index (χ3v) is 0.770. The highest BCUT2D eigenvalue weighted by Gasteiger charge is 2.43. The van der Waals surface area contributed by atoms with Crippen molar-refractivity contribution in [2.45, 2.75) is 0 Å². The molecule has 0 rings (SSSR count). The fraction of sp³-hybridized carbons (Fsp3) is 0. The average molecular weight is 127 g/mol. The van der Waals surface area contributed by atoms with E-state index >= 15 is 0 Å². The lowest BCUT2D eigenvalue weighted by Gasteiger charge is -1.90. The molecule has 0 unspecified atom stereocenters. The predicted octanol–water partition coefficient (Wildman–Crippen LogP) is -0.596. The van der Waals surface area contributed by atoms with Gasteiger partial charge in [-0.3, -0.25) is 0 Å². The topological polar surface area (TPSA) is 98.0 Å². The molecule has 0 aromatic carbocycles. The molecule has 0 saturated heterocycles. The first kappa shape index (κ1) is 6.78. The number of hydrogen-bond donors (Lipinski definition) is 4. The SMILES string of the molecule is O=C(O)[P+](O)(O)O. The molecule has 4 N–H and O–H groups in total.